The van der Waals surface area contributed by atoms with Crippen LogP contribution in [0.15, 0.2) is 18.2 Å². The number of carboxylic acid groups (broad SMARTS) is 1. The number of carboxylic acids is 1. The van der Waals surface area contributed by atoms with E-state index in [4.69, 9.17) is 38.8 Å². The third-order valence-electron chi connectivity index (χ3n) is 2.53. The summed E-state index contributed by atoms with van der Waals surface area (Å²) in [5.41, 5.74) is 5.90. The molecule has 0 amide bonds. The van der Waals surface area contributed by atoms with Crippen LogP contribution in [0.4, 0.5) is 0 Å². The number of carbonyl (C=O) groups is 1. The maximum atomic E-state index is 10.7. The standard InChI is InChI=1S/C12H9Cl2IN2O3/c13-6-3-7(15)11(20-4-8(16)12(18)19)10-5(6)1-2-9(14)17-10/h1-3,8H,4,16H2,(H,18,19). The summed E-state index contributed by atoms with van der Waals surface area (Å²) < 4.78 is 6.19. The Morgan fingerprint density at radius 3 is 2.85 bits per heavy atom. The normalized spacial score (nSPS) is 12.4. The van der Waals surface area contributed by atoms with Crippen LogP contribution in [0.1, 0.15) is 0 Å². The minimum Gasteiger partial charge on any atom is -0.488 e. The molecule has 0 aliphatic rings. The van der Waals surface area contributed by atoms with Gasteiger partial charge in [0.1, 0.15) is 23.3 Å². The van der Waals surface area contributed by atoms with Gasteiger partial charge in [-0.1, -0.05) is 23.2 Å². The molecule has 0 radical (unpaired) electrons. The lowest BCUT2D eigenvalue weighted by Crippen LogP contribution is -2.36. The van der Waals surface area contributed by atoms with Crippen molar-refractivity contribution < 1.29 is 14.6 Å². The van der Waals surface area contributed by atoms with Crippen molar-refractivity contribution in [3.05, 3.63) is 31.9 Å². The molecule has 1 aromatic carbocycles. The Balaban J connectivity index is 2.46. The minimum atomic E-state index is -1.13. The first-order valence-electron chi connectivity index (χ1n) is 5.45. The number of nitrogens with two attached hydrogens (primary N) is 1. The summed E-state index contributed by atoms with van der Waals surface area (Å²) >= 11 is 14.0. The minimum absolute atomic E-state index is 0.170. The lowest BCUT2D eigenvalue weighted by Gasteiger charge is -2.13. The molecule has 0 saturated heterocycles. The van der Waals surface area contributed by atoms with E-state index in [1.807, 2.05) is 22.6 Å². The van der Waals surface area contributed by atoms with Crippen molar-refractivity contribution in [2.24, 2.45) is 5.73 Å². The zero-order chi connectivity index (χ0) is 14.9. The fraction of sp³-hybridized carbons (Fsp3) is 0.167. The van der Waals surface area contributed by atoms with E-state index in [1.165, 1.54) is 0 Å². The number of rotatable bonds is 4. The summed E-state index contributed by atoms with van der Waals surface area (Å²) in [6.07, 6.45) is 0. The number of benzene rings is 1. The van der Waals surface area contributed by atoms with Crippen molar-refractivity contribution in [2.75, 3.05) is 6.61 Å². The van der Waals surface area contributed by atoms with Gasteiger partial charge in [0, 0.05) is 5.39 Å². The molecule has 0 saturated carbocycles. The Labute approximate surface area is 138 Å². The molecule has 1 unspecified atom stereocenters. The highest BCUT2D eigenvalue weighted by Crippen LogP contribution is 2.35. The summed E-state index contributed by atoms with van der Waals surface area (Å²) in [5.74, 6) is -0.714. The van der Waals surface area contributed by atoms with E-state index < -0.39 is 12.0 Å². The van der Waals surface area contributed by atoms with Gasteiger partial charge in [-0.15, -0.1) is 0 Å². The quantitative estimate of drug-likeness (QED) is 0.579. The maximum absolute atomic E-state index is 10.7. The van der Waals surface area contributed by atoms with E-state index in [9.17, 15) is 4.79 Å². The molecule has 0 aliphatic carbocycles. The van der Waals surface area contributed by atoms with E-state index >= 15 is 0 Å². The van der Waals surface area contributed by atoms with Crippen LogP contribution < -0.4 is 10.5 Å². The maximum Gasteiger partial charge on any atom is 0.324 e. The van der Waals surface area contributed by atoms with Gasteiger partial charge < -0.3 is 15.6 Å². The number of hydrogen-bond acceptors (Lipinski definition) is 4. The second-order valence-electron chi connectivity index (χ2n) is 3.96. The molecule has 106 valence electrons. The van der Waals surface area contributed by atoms with Gasteiger partial charge in [0.2, 0.25) is 0 Å². The first-order valence-corrected chi connectivity index (χ1v) is 7.29. The number of fused-ring (bicyclic) bond motifs is 1. The monoisotopic (exact) mass is 426 g/mol. The van der Waals surface area contributed by atoms with Crippen LogP contribution in [0.3, 0.4) is 0 Å². The Kier molecular flexibility index (Phi) is 4.90. The average Bonchev–Trinajstić information content (AvgIpc) is 2.37. The summed E-state index contributed by atoms with van der Waals surface area (Å²) in [6, 6.07) is 3.94. The summed E-state index contributed by atoms with van der Waals surface area (Å²) in [7, 11) is 0. The van der Waals surface area contributed by atoms with Gasteiger partial charge >= 0.3 is 5.97 Å². The first-order chi connectivity index (χ1) is 9.40. The summed E-state index contributed by atoms with van der Waals surface area (Å²) in [6.45, 7) is -0.170. The van der Waals surface area contributed by atoms with Crippen molar-refractivity contribution in [2.45, 2.75) is 6.04 Å². The fourth-order valence-electron chi connectivity index (χ4n) is 1.55. The number of pyridine rings is 1. The van der Waals surface area contributed by atoms with Crippen LogP contribution in [0.2, 0.25) is 10.2 Å². The molecule has 1 aromatic heterocycles. The molecule has 5 nitrogen and oxygen atoms in total. The molecule has 2 rings (SSSR count). The van der Waals surface area contributed by atoms with Crippen LogP contribution in [0.5, 0.6) is 5.75 Å². The zero-order valence-corrected chi connectivity index (χ0v) is 13.6. The molecular weight excluding hydrogens is 418 g/mol. The zero-order valence-electron chi connectivity index (χ0n) is 9.94. The van der Waals surface area contributed by atoms with E-state index in [0.717, 1.165) is 0 Å². The largest absolute Gasteiger partial charge is 0.488 e. The molecule has 0 fully saturated rings. The van der Waals surface area contributed by atoms with Crippen molar-refractivity contribution >= 4 is 62.7 Å². The first kappa shape index (κ1) is 15.6. The predicted molar refractivity (Wildman–Crippen MR) is 85.6 cm³/mol. The lowest BCUT2D eigenvalue weighted by molar-refractivity contribution is -0.139. The third kappa shape index (κ3) is 3.25. The number of aromatic nitrogens is 1. The van der Waals surface area contributed by atoms with Gasteiger partial charge in [0.15, 0.2) is 5.75 Å². The van der Waals surface area contributed by atoms with Crippen molar-refractivity contribution in [3.8, 4) is 5.75 Å². The molecule has 0 spiro atoms. The highest BCUT2D eigenvalue weighted by atomic mass is 127. The van der Waals surface area contributed by atoms with E-state index in [1.54, 1.807) is 18.2 Å². The fourth-order valence-corrected chi connectivity index (χ4v) is 2.87. The van der Waals surface area contributed by atoms with Crippen LogP contribution in [-0.2, 0) is 4.79 Å². The summed E-state index contributed by atoms with van der Waals surface area (Å²) in [5, 5.41) is 10.3. The molecular formula is C12H9Cl2IN2O3. The number of hydrogen-bond donors (Lipinski definition) is 2. The molecule has 2 aromatic rings. The van der Waals surface area contributed by atoms with Gasteiger partial charge in [-0.05, 0) is 40.8 Å². The molecule has 0 aliphatic heterocycles. The molecule has 8 heteroatoms. The summed E-state index contributed by atoms with van der Waals surface area (Å²) in [4.78, 5) is 14.9. The van der Waals surface area contributed by atoms with Gasteiger partial charge in [-0.3, -0.25) is 4.79 Å². The molecule has 0 bridgehead atoms. The Morgan fingerprint density at radius 1 is 1.50 bits per heavy atom. The number of halogens is 3. The van der Waals surface area contributed by atoms with Crippen molar-refractivity contribution in [1.82, 2.24) is 4.98 Å². The van der Waals surface area contributed by atoms with E-state index in [0.29, 0.717) is 30.4 Å². The highest BCUT2D eigenvalue weighted by Gasteiger charge is 2.17. The Bertz CT molecular complexity index is 681. The average molecular weight is 427 g/mol. The highest BCUT2D eigenvalue weighted by molar-refractivity contribution is 14.1. The van der Waals surface area contributed by atoms with Gasteiger partial charge in [0.25, 0.3) is 0 Å². The van der Waals surface area contributed by atoms with Crippen LogP contribution >= 0.6 is 45.8 Å². The second-order valence-corrected chi connectivity index (χ2v) is 5.91. The third-order valence-corrected chi connectivity index (χ3v) is 3.85. The lowest BCUT2D eigenvalue weighted by atomic mass is 10.2. The van der Waals surface area contributed by atoms with Gasteiger partial charge in [0.05, 0.1) is 8.59 Å². The van der Waals surface area contributed by atoms with Crippen LogP contribution in [0.25, 0.3) is 10.9 Å². The molecule has 20 heavy (non-hydrogen) atoms. The van der Waals surface area contributed by atoms with Gasteiger partial charge in [-0.25, -0.2) is 4.98 Å². The van der Waals surface area contributed by atoms with Gasteiger partial charge in [-0.2, -0.15) is 0 Å². The van der Waals surface area contributed by atoms with Crippen LogP contribution in [-0.4, -0.2) is 28.7 Å². The predicted octanol–water partition coefficient (Wildman–Crippen LogP) is 2.94. The Hall–Kier alpha value is -0.830. The Morgan fingerprint density at radius 2 is 2.20 bits per heavy atom. The van der Waals surface area contributed by atoms with E-state index in [-0.39, 0.29) is 6.61 Å². The molecule has 1 heterocycles. The number of nitrogens with zero attached hydrogens (tertiary/aromatic N) is 1. The SMILES string of the molecule is NC(COc1c(I)cc(Cl)c2ccc(Cl)nc12)C(=O)O. The van der Waals surface area contributed by atoms with E-state index in [2.05, 4.69) is 4.98 Å². The second kappa shape index (κ2) is 6.30. The number of ether oxygens (including phenoxy) is 1. The van der Waals surface area contributed by atoms with Crippen molar-refractivity contribution in [3.63, 3.8) is 0 Å². The topological polar surface area (TPSA) is 85.4 Å². The molecule has 1 atom stereocenters. The number of aliphatic carboxylic acids is 1. The smallest absolute Gasteiger partial charge is 0.324 e. The van der Waals surface area contributed by atoms with Crippen molar-refractivity contribution in [1.29, 1.82) is 0 Å². The van der Waals surface area contributed by atoms with Crippen LogP contribution in [0, 0.1) is 3.57 Å². The molecule has 3 N–H and O–H groups in total.